The number of nitrogens with one attached hydrogen (secondary N) is 1. The summed E-state index contributed by atoms with van der Waals surface area (Å²) in [6, 6.07) is 0.345. The molecule has 0 aromatic heterocycles. The van der Waals surface area contributed by atoms with Crippen LogP contribution in [0.25, 0.3) is 0 Å². The van der Waals surface area contributed by atoms with Crippen molar-refractivity contribution in [1.29, 1.82) is 0 Å². The van der Waals surface area contributed by atoms with Crippen LogP contribution in [0.5, 0.6) is 0 Å². The minimum absolute atomic E-state index is 0.0891. The number of aliphatic imine (C=N–C) groups is 2. The first kappa shape index (κ1) is 17.7. The van der Waals surface area contributed by atoms with Crippen molar-refractivity contribution < 1.29 is 9.59 Å². The van der Waals surface area contributed by atoms with E-state index in [-0.39, 0.29) is 17.7 Å². The molecule has 0 saturated heterocycles. The molecule has 1 saturated carbocycles. The monoisotopic (exact) mass is 365 g/mol. The van der Waals surface area contributed by atoms with E-state index < -0.39 is 0 Å². The Kier molecular flexibility index (Phi) is 5.81. The lowest BCUT2D eigenvalue weighted by atomic mass is 9.95. The Morgan fingerprint density at radius 1 is 1.25 bits per heavy atom. The van der Waals surface area contributed by atoms with Crippen LogP contribution in [0, 0.1) is 5.92 Å². The van der Waals surface area contributed by atoms with Crippen LogP contribution < -0.4 is 5.32 Å². The molecule has 3 aliphatic rings. The predicted molar refractivity (Wildman–Crippen MR) is 101 cm³/mol. The third-order valence-corrected chi connectivity index (χ3v) is 6.70. The summed E-state index contributed by atoms with van der Waals surface area (Å²) < 4.78 is 0. The first-order valence-electron chi connectivity index (χ1n) is 8.53. The van der Waals surface area contributed by atoms with E-state index in [0.717, 1.165) is 28.4 Å². The normalized spacial score (nSPS) is 24.6. The molecule has 0 aromatic carbocycles. The molecule has 2 aliphatic heterocycles. The van der Waals surface area contributed by atoms with Gasteiger partial charge in [0.05, 0.1) is 5.04 Å². The highest BCUT2D eigenvalue weighted by Gasteiger charge is 2.36. The van der Waals surface area contributed by atoms with Crippen molar-refractivity contribution in [3.8, 4) is 0 Å². The molecule has 7 heteroatoms. The molecule has 0 spiro atoms. The second-order valence-corrected chi connectivity index (χ2v) is 8.75. The summed E-state index contributed by atoms with van der Waals surface area (Å²) in [7, 11) is 0. The van der Waals surface area contributed by atoms with E-state index in [4.69, 9.17) is 0 Å². The van der Waals surface area contributed by atoms with Gasteiger partial charge in [-0.1, -0.05) is 42.8 Å². The number of rotatable bonds is 4. The highest BCUT2D eigenvalue weighted by atomic mass is 32.2. The first-order valence-corrected chi connectivity index (χ1v) is 10.3. The molecular weight excluding hydrogens is 342 g/mol. The molecule has 24 heavy (non-hydrogen) atoms. The summed E-state index contributed by atoms with van der Waals surface area (Å²) in [5.74, 6) is 0.290. The minimum atomic E-state index is -0.269. The number of amides is 2. The van der Waals surface area contributed by atoms with Gasteiger partial charge in [0.25, 0.3) is 5.91 Å². The number of thioether (sulfide) groups is 2. The zero-order valence-corrected chi connectivity index (χ0v) is 15.8. The van der Waals surface area contributed by atoms with Gasteiger partial charge >= 0.3 is 0 Å². The number of fused-ring (bicyclic) bond motifs is 1. The van der Waals surface area contributed by atoms with Gasteiger partial charge in [0.1, 0.15) is 5.92 Å². The van der Waals surface area contributed by atoms with E-state index in [0.29, 0.717) is 23.4 Å². The SMILES string of the molecule is CC1=C(C)C2C(=O)N=C(SCCC(=O)NC3CCCCC3)N=C2S1. The Morgan fingerprint density at radius 3 is 2.75 bits per heavy atom. The fraction of sp³-hybridized carbons (Fsp3) is 0.647. The lowest BCUT2D eigenvalue weighted by Gasteiger charge is -2.22. The van der Waals surface area contributed by atoms with Crippen molar-refractivity contribution in [2.75, 3.05) is 5.75 Å². The van der Waals surface area contributed by atoms with Crippen molar-refractivity contribution >= 4 is 45.5 Å². The number of nitrogens with zero attached hydrogens (tertiary/aromatic N) is 2. The quantitative estimate of drug-likeness (QED) is 0.827. The van der Waals surface area contributed by atoms with Gasteiger partial charge in [0.15, 0.2) is 5.17 Å². The topological polar surface area (TPSA) is 70.9 Å². The van der Waals surface area contributed by atoms with Crippen LogP contribution >= 0.6 is 23.5 Å². The summed E-state index contributed by atoms with van der Waals surface area (Å²) >= 11 is 2.96. The first-order chi connectivity index (χ1) is 11.5. The zero-order valence-electron chi connectivity index (χ0n) is 14.1. The number of carbonyl (C=O) groups excluding carboxylic acids is 2. The van der Waals surface area contributed by atoms with Gasteiger partial charge in [-0.2, -0.15) is 4.99 Å². The lowest BCUT2D eigenvalue weighted by molar-refractivity contribution is -0.121. The summed E-state index contributed by atoms with van der Waals surface area (Å²) in [5.41, 5.74) is 1.06. The summed E-state index contributed by atoms with van der Waals surface area (Å²) in [5, 5.41) is 4.43. The Bertz CT molecular complexity index is 634. The second-order valence-electron chi connectivity index (χ2n) is 6.46. The third kappa shape index (κ3) is 4.11. The fourth-order valence-electron chi connectivity index (χ4n) is 3.19. The Morgan fingerprint density at radius 2 is 2.00 bits per heavy atom. The fourth-order valence-corrected chi connectivity index (χ4v) is 5.15. The molecule has 0 radical (unpaired) electrons. The van der Waals surface area contributed by atoms with Crippen molar-refractivity contribution in [1.82, 2.24) is 5.32 Å². The van der Waals surface area contributed by atoms with E-state index in [1.54, 1.807) is 11.8 Å². The highest BCUT2D eigenvalue weighted by Crippen LogP contribution is 2.40. The molecular formula is C17H23N3O2S2. The Hall–Kier alpha value is -1.08. The molecule has 2 amide bonds. The van der Waals surface area contributed by atoms with Crippen molar-refractivity contribution in [3.63, 3.8) is 0 Å². The van der Waals surface area contributed by atoms with Gasteiger partial charge in [-0.15, -0.1) is 0 Å². The lowest BCUT2D eigenvalue weighted by Crippen LogP contribution is -2.36. The van der Waals surface area contributed by atoms with Gasteiger partial charge in [0, 0.05) is 18.2 Å². The largest absolute Gasteiger partial charge is 0.353 e. The van der Waals surface area contributed by atoms with Crippen LogP contribution in [0.2, 0.25) is 0 Å². The van der Waals surface area contributed by atoms with Gasteiger partial charge in [-0.3, -0.25) is 9.59 Å². The summed E-state index contributed by atoms with van der Waals surface area (Å²) in [4.78, 5) is 33.9. The van der Waals surface area contributed by atoms with E-state index in [9.17, 15) is 9.59 Å². The van der Waals surface area contributed by atoms with Gasteiger partial charge in [-0.05, 0) is 37.2 Å². The molecule has 0 aromatic rings. The van der Waals surface area contributed by atoms with E-state index in [2.05, 4.69) is 15.3 Å². The smallest absolute Gasteiger partial charge is 0.262 e. The molecule has 1 N–H and O–H groups in total. The van der Waals surface area contributed by atoms with Crippen LogP contribution in [-0.2, 0) is 9.59 Å². The maximum atomic E-state index is 12.2. The van der Waals surface area contributed by atoms with Crippen LogP contribution in [0.4, 0.5) is 0 Å². The average Bonchev–Trinajstić information content (AvgIpc) is 2.83. The maximum absolute atomic E-state index is 12.2. The third-order valence-electron chi connectivity index (χ3n) is 4.68. The summed E-state index contributed by atoms with van der Waals surface area (Å²) in [6.45, 7) is 3.98. The van der Waals surface area contributed by atoms with Crippen LogP contribution in [0.1, 0.15) is 52.4 Å². The number of allylic oxidation sites excluding steroid dienone is 1. The minimum Gasteiger partial charge on any atom is -0.353 e. The molecule has 130 valence electrons. The van der Waals surface area contributed by atoms with Gasteiger partial charge in [-0.25, -0.2) is 4.99 Å². The standard InChI is InChI=1S/C17H23N3O2S2/c1-10-11(2)24-16-14(10)15(22)19-17(20-16)23-9-8-13(21)18-12-6-4-3-5-7-12/h12,14H,3-9H2,1-2H3,(H,18,21). The molecule has 5 nitrogen and oxygen atoms in total. The van der Waals surface area contributed by atoms with E-state index in [1.807, 2.05) is 13.8 Å². The van der Waals surface area contributed by atoms with Gasteiger partial charge in [0.2, 0.25) is 5.91 Å². The average molecular weight is 366 g/mol. The van der Waals surface area contributed by atoms with E-state index >= 15 is 0 Å². The molecule has 0 bridgehead atoms. The van der Waals surface area contributed by atoms with E-state index in [1.165, 1.54) is 31.0 Å². The molecule has 3 rings (SSSR count). The van der Waals surface area contributed by atoms with Crippen LogP contribution in [-0.4, -0.2) is 33.8 Å². The van der Waals surface area contributed by atoms with Crippen LogP contribution in [0.3, 0.4) is 0 Å². The predicted octanol–water partition coefficient (Wildman–Crippen LogP) is 3.51. The van der Waals surface area contributed by atoms with Crippen molar-refractivity contribution in [2.45, 2.75) is 58.4 Å². The molecule has 1 unspecified atom stereocenters. The molecule has 1 atom stereocenters. The van der Waals surface area contributed by atoms with Crippen LogP contribution in [0.15, 0.2) is 20.5 Å². The van der Waals surface area contributed by atoms with Gasteiger partial charge < -0.3 is 5.32 Å². The molecule has 1 aliphatic carbocycles. The maximum Gasteiger partial charge on any atom is 0.262 e. The molecule has 1 fully saturated rings. The highest BCUT2D eigenvalue weighted by molar-refractivity contribution is 8.18. The van der Waals surface area contributed by atoms with Crippen molar-refractivity contribution in [3.05, 3.63) is 10.5 Å². The second kappa shape index (κ2) is 7.87. The number of amidine groups is 1. The van der Waals surface area contributed by atoms with Crippen molar-refractivity contribution in [2.24, 2.45) is 15.9 Å². The zero-order chi connectivity index (χ0) is 17.1. The number of hydrogen-bond donors (Lipinski definition) is 1. The number of carbonyl (C=O) groups is 2. The molecule has 2 heterocycles. The Labute approximate surface area is 151 Å². The summed E-state index contributed by atoms with van der Waals surface area (Å²) in [6.07, 6.45) is 6.33. The Balaban J connectivity index is 1.46. The number of hydrogen-bond acceptors (Lipinski definition) is 5.